The monoisotopic (exact) mass is 590 g/mol. The van der Waals surface area contributed by atoms with E-state index >= 15 is 0 Å². The minimum absolute atomic E-state index is 0.273. The van der Waals surface area contributed by atoms with Crippen molar-refractivity contribution < 1.29 is 9.47 Å². The van der Waals surface area contributed by atoms with Gasteiger partial charge >= 0.3 is 0 Å². The fourth-order valence-corrected chi connectivity index (χ4v) is 6.17. The standard InChI is InChI=1S/C39H75NO2/c1-5-7-9-11-13-15-17-19-20-21-22-24-26-28-30-32-35-39(41-37-38(42-39)33-36-40(3)4)34-31-29-27-25-23-18-16-14-12-10-8-6-2/h13,15,19-20,38H,5-12,14,16-18,21-37H2,1-4H3/b15-13-,20-19-. The van der Waals surface area contributed by atoms with E-state index in [2.05, 4.69) is 57.1 Å². The highest BCUT2D eigenvalue weighted by Gasteiger charge is 2.40. The summed E-state index contributed by atoms with van der Waals surface area (Å²) in [5.74, 6) is -0.301. The Kier molecular flexibility index (Phi) is 27.3. The van der Waals surface area contributed by atoms with E-state index in [1.165, 1.54) is 148 Å². The van der Waals surface area contributed by atoms with Gasteiger partial charge in [0.1, 0.15) is 0 Å². The van der Waals surface area contributed by atoms with Gasteiger partial charge in [0.05, 0.1) is 12.7 Å². The third-order valence-electron chi connectivity index (χ3n) is 8.98. The highest BCUT2D eigenvalue weighted by molar-refractivity contribution is 4.92. The lowest BCUT2D eigenvalue weighted by Gasteiger charge is -2.29. The number of hydrogen-bond donors (Lipinski definition) is 0. The van der Waals surface area contributed by atoms with Gasteiger partial charge in [0.2, 0.25) is 0 Å². The molecule has 0 amide bonds. The molecular weight excluding hydrogens is 514 g/mol. The SMILES string of the molecule is CCCCC/C=C\C/C=C\CCCCCCCCC1(CCCCCCCCCCCCCC)OCC(CCN(C)C)O1. The molecule has 1 saturated heterocycles. The zero-order valence-corrected chi connectivity index (χ0v) is 29.2. The molecule has 0 bridgehead atoms. The molecule has 1 aliphatic heterocycles. The largest absolute Gasteiger partial charge is 0.347 e. The van der Waals surface area contributed by atoms with Gasteiger partial charge in [0.25, 0.3) is 0 Å². The Bertz CT molecular complexity index is 616. The van der Waals surface area contributed by atoms with Crippen molar-refractivity contribution in [2.45, 2.75) is 199 Å². The molecule has 0 spiro atoms. The quantitative estimate of drug-likeness (QED) is 0.0593. The zero-order valence-electron chi connectivity index (χ0n) is 29.2. The first-order chi connectivity index (χ1) is 20.6. The number of ether oxygens (including phenoxy) is 2. The Hall–Kier alpha value is -0.640. The van der Waals surface area contributed by atoms with Gasteiger partial charge in [0, 0.05) is 19.4 Å². The summed E-state index contributed by atoms with van der Waals surface area (Å²) in [6.45, 7) is 6.43. The van der Waals surface area contributed by atoms with Crippen molar-refractivity contribution in [2.75, 3.05) is 27.2 Å². The normalized spacial score (nSPS) is 19.3. The molecule has 0 aromatic heterocycles. The van der Waals surface area contributed by atoms with Crippen LogP contribution in [0.4, 0.5) is 0 Å². The summed E-state index contributed by atoms with van der Waals surface area (Å²) in [6.07, 6.45) is 45.3. The summed E-state index contributed by atoms with van der Waals surface area (Å²) >= 11 is 0. The van der Waals surface area contributed by atoms with Crippen LogP contribution >= 0.6 is 0 Å². The van der Waals surface area contributed by atoms with Crippen LogP contribution in [-0.2, 0) is 9.47 Å². The second-order valence-corrected chi connectivity index (χ2v) is 13.5. The van der Waals surface area contributed by atoms with Crippen LogP contribution in [0.2, 0.25) is 0 Å². The Morgan fingerprint density at radius 3 is 1.50 bits per heavy atom. The third-order valence-corrected chi connectivity index (χ3v) is 8.98. The van der Waals surface area contributed by atoms with Gasteiger partial charge in [-0.25, -0.2) is 0 Å². The number of hydrogen-bond acceptors (Lipinski definition) is 3. The molecule has 2 unspecified atom stereocenters. The second kappa shape index (κ2) is 29.1. The Labute approximate surface area is 264 Å². The van der Waals surface area contributed by atoms with Crippen LogP contribution in [-0.4, -0.2) is 44.0 Å². The van der Waals surface area contributed by atoms with Gasteiger partial charge in [-0.05, 0) is 65.5 Å². The van der Waals surface area contributed by atoms with Crippen molar-refractivity contribution >= 4 is 0 Å². The molecule has 3 heteroatoms. The predicted octanol–water partition coefficient (Wildman–Crippen LogP) is 12.3. The van der Waals surface area contributed by atoms with E-state index in [0.717, 1.165) is 38.8 Å². The maximum Gasteiger partial charge on any atom is 0.168 e. The average molecular weight is 590 g/mol. The minimum atomic E-state index is -0.301. The molecule has 0 aliphatic carbocycles. The van der Waals surface area contributed by atoms with E-state index in [4.69, 9.17) is 9.47 Å². The summed E-state index contributed by atoms with van der Waals surface area (Å²) in [6, 6.07) is 0. The van der Waals surface area contributed by atoms with E-state index in [-0.39, 0.29) is 11.9 Å². The Morgan fingerprint density at radius 1 is 0.571 bits per heavy atom. The first kappa shape index (κ1) is 39.4. The van der Waals surface area contributed by atoms with E-state index in [0.29, 0.717) is 0 Å². The number of unbranched alkanes of at least 4 members (excludes halogenated alkanes) is 20. The van der Waals surface area contributed by atoms with Gasteiger partial charge in [-0.3, -0.25) is 0 Å². The Morgan fingerprint density at radius 2 is 1.00 bits per heavy atom. The fraction of sp³-hybridized carbons (Fsp3) is 0.897. The van der Waals surface area contributed by atoms with Crippen molar-refractivity contribution in [1.82, 2.24) is 4.90 Å². The lowest BCUT2D eigenvalue weighted by molar-refractivity contribution is -0.180. The molecule has 248 valence electrons. The lowest BCUT2D eigenvalue weighted by atomic mass is 9.98. The Balaban J connectivity index is 2.16. The molecule has 0 N–H and O–H groups in total. The smallest absolute Gasteiger partial charge is 0.168 e. The lowest BCUT2D eigenvalue weighted by Crippen LogP contribution is -2.31. The maximum absolute atomic E-state index is 6.66. The molecule has 1 fully saturated rings. The van der Waals surface area contributed by atoms with Gasteiger partial charge in [0.15, 0.2) is 5.79 Å². The first-order valence-corrected chi connectivity index (χ1v) is 18.9. The van der Waals surface area contributed by atoms with Crippen LogP contribution in [0.5, 0.6) is 0 Å². The minimum Gasteiger partial charge on any atom is -0.347 e. The van der Waals surface area contributed by atoms with E-state index in [1.807, 2.05) is 0 Å². The van der Waals surface area contributed by atoms with Crippen LogP contribution in [0.1, 0.15) is 187 Å². The molecule has 2 atom stereocenters. The topological polar surface area (TPSA) is 21.7 Å². The molecule has 1 heterocycles. The van der Waals surface area contributed by atoms with Crippen LogP contribution in [0.3, 0.4) is 0 Å². The zero-order chi connectivity index (χ0) is 30.4. The molecule has 42 heavy (non-hydrogen) atoms. The molecule has 0 aromatic rings. The van der Waals surface area contributed by atoms with Crippen LogP contribution in [0.25, 0.3) is 0 Å². The molecule has 3 nitrogen and oxygen atoms in total. The molecule has 0 saturated carbocycles. The number of allylic oxidation sites excluding steroid dienone is 4. The van der Waals surface area contributed by atoms with E-state index in [9.17, 15) is 0 Å². The summed E-state index contributed by atoms with van der Waals surface area (Å²) in [4.78, 5) is 2.26. The van der Waals surface area contributed by atoms with Crippen LogP contribution in [0.15, 0.2) is 24.3 Å². The highest BCUT2D eigenvalue weighted by atomic mass is 16.7. The van der Waals surface area contributed by atoms with Crippen LogP contribution < -0.4 is 0 Å². The maximum atomic E-state index is 6.66. The van der Waals surface area contributed by atoms with Crippen molar-refractivity contribution in [1.29, 1.82) is 0 Å². The summed E-state index contributed by atoms with van der Waals surface area (Å²) in [5.41, 5.74) is 0. The van der Waals surface area contributed by atoms with Crippen LogP contribution in [0, 0.1) is 0 Å². The third kappa shape index (κ3) is 23.8. The van der Waals surface area contributed by atoms with Gasteiger partial charge < -0.3 is 14.4 Å². The molecule has 0 aromatic carbocycles. The fourth-order valence-electron chi connectivity index (χ4n) is 6.17. The van der Waals surface area contributed by atoms with Crippen molar-refractivity contribution in [3.05, 3.63) is 24.3 Å². The van der Waals surface area contributed by atoms with E-state index in [1.54, 1.807) is 0 Å². The number of nitrogens with zero attached hydrogens (tertiary/aromatic N) is 1. The summed E-state index contributed by atoms with van der Waals surface area (Å²) < 4.78 is 13.1. The second-order valence-electron chi connectivity index (χ2n) is 13.5. The van der Waals surface area contributed by atoms with Gasteiger partial charge in [-0.1, -0.05) is 147 Å². The van der Waals surface area contributed by atoms with Gasteiger partial charge in [-0.15, -0.1) is 0 Å². The molecule has 1 rings (SSSR count). The predicted molar refractivity (Wildman–Crippen MR) is 186 cm³/mol. The number of rotatable bonds is 31. The highest BCUT2D eigenvalue weighted by Crippen LogP contribution is 2.35. The molecular formula is C39H75NO2. The summed E-state index contributed by atoms with van der Waals surface area (Å²) in [5, 5.41) is 0. The van der Waals surface area contributed by atoms with Crippen molar-refractivity contribution in [3.8, 4) is 0 Å². The molecule has 1 aliphatic rings. The van der Waals surface area contributed by atoms with Crippen molar-refractivity contribution in [3.63, 3.8) is 0 Å². The molecule has 0 radical (unpaired) electrons. The van der Waals surface area contributed by atoms with Crippen molar-refractivity contribution in [2.24, 2.45) is 0 Å². The van der Waals surface area contributed by atoms with E-state index < -0.39 is 0 Å². The summed E-state index contributed by atoms with van der Waals surface area (Å²) in [7, 11) is 4.30. The van der Waals surface area contributed by atoms with Gasteiger partial charge in [-0.2, -0.15) is 0 Å². The first-order valence-electron chi connectivity index (χ1n) is 18.9. The average Bonchev–Trinajstić information content (AvgIpc) is 3.39.